The van der Waals surface area contributed by atoms with Crippen molar-refractivity contribution in [2.75, 3.05) is 13.7 Å². The van der Waals surface area contributed by atoms with Gasteiger partial charge in [-0.3, -0.25) is 0 Å². The summed E-state index contributed by atoms with van der Waals surface area (Å²) < 4.78 is 10.4. The summed E-state index contributed by atoms with van der Waals surface area (Å²) in [5.41, 5.74) is 0. The monoisotopic (exact) mass is 326 g/mol. The Balaban J connectivity index is 4.34. The van der Waals surface area contributed by atoms with Crippen LogP contribution in [-0.4, -0.2) is 44.0 Å². The molecule has 0 fully saturated rings. The first kappa shape index (κ1) is 17.1. The summed E-state index contributed by atoms with van der Waals surface area (Å²) in [5, 5.41) is 9.71. The third-order valence-corrected chi connectivity index (χ3v) is 8.46. The van der Waals surface area contributed by atoms with Crippen LogP contribution in [0.3, 0.4) is 0 Å². The fraction of sp³-hybridized carbons (Fsp3) is 0.909. The van der Waals surface area contributed by atoms with Gasteiger partial charge >= 0.3 is 5.97 Å². The average molecular weight is 327 g/mol. The van der Waals surface area contributed by atoms with Gasteiger partial charge in [0.25, 0.3) is 0 Å². The van der Waals surface area contributed by atoms with Crippen molar-refractivity contribution in [3.63, 3.8) is 0 Å². The van der Waals surface area contributed by atoms with Crippen molar-refractivity contribution < 1.29 is 19.1 Å². The average Bonchev–Trinajstić information content (AvgIpc) is 2.22. The second-order valence-electron chi connectivity index (χ2n) is 5.56. The van der Waals surface area contributed by atoms with E-state index >= 15 is 0 Å². The van der Waals surface area contributed by atoms with E-state index in [-0.39, 0.29) is 5.04 Å². The Kier molecular flexibility index (Phi) is 6.34. The number of esters is 1. The summed E-state index contributed by atoms with van der Waals surface area (Å²) in [6, 6.07) is 0. The summed E-state index contributed by atoms with van der Waals surface area (Å²) in [4.78, 5) is 10.7. The van der Waals surface area contributed by atoms with Crippen LogP contribution in [0.4, 0.5) is 0 Å². The smallest absolute Gasteiger partial charge is 0.335 e. The molecule has 0 aliphatic heterocycles. The predicted molar refractivity (Wildman–Crippen MR) is 73.9 cm³/mol. The molecule has 1 N–H and O–H groups in total. The van der Waals surface area contributed by atoms with Gasteiger partial charge in [-0.25, -0.2) is 4.79 Å². The highest BCUT2D eigenvalue weighted by Crippen LogP contribution is 2.36. The van der Waals surface area contributed by atoms with Gasteiger partial charge in [-0.2, -0.15) is 0 Å². The van der Waals surface area contributed by atoms with Gasteiger partial charge in [-0.1, -0.05) is 36.7 Å². The Hall–Kier alpha value is 0.0869. The predicted octanol–water partition coefficient (Wildman–Crippen LogP) is 2.31. The van der Waals surface area contributed by atoms with Crippen LogP contribution in [0.5, 0.6) is 0 Å². The van der Waals surface area contributed by atoms with Gasteiger partial charge in [0.1, 0.15) is 0 Å². The number of carbonyl (C=O) groups excluding carboxylic acids is 1. The number of carbonyl (C=O) groups is 1. The number of halogens is 1. The molecule has 0 spiro atoms. The molecule has 0 aromatic heterocycles. The molecule has 0 heterocycles. The lowest BCUT2D eigenvalue weighted by atomic mass is 10.2. The highest BCUT2D eigenvalue weighted by atomic mass is 79.9. The van der Waals surface area contributed by atoms with Crippen molar-refractivity contribution in [2.24, 2.45) is 0 Å². The Morgan fingerprint density at radius 3 is 2.24 bits per heavy atom. The summed E-state index contributed by atoms with van der Waals surface area (Å²) in [6.07, 6.45) is -1.19. The first-order chi connectivity index (χ1) is 7.53. The van der Waals surface area contributed by atoms with Crippen molar-refractivity contribution >= 4 is 30.2 Å². The molecule has 0 aromatic rings. The van der Waals surface area contributed by atoms with E-state index < -0.39 is 25.2 Å². The van der Waals surface area contributed by atoms with E-state index in [1.807, 2.05) is 0 Å². The van der Waals surface area contributed by atoms with Gasteiger partial charge in [-0.15, -0.1) is 0 Å². The van der Waals surface area contributed by atoms with E-state index in [0.29, 0.717) is 6.61 Å². The second-order valence-corrected chi connectivity index (χ2v) is 11.5. The molecule has 0 bridgehead atoms. The van der Waals surface area contributed by atoms with E-state index in [9.17, 15) is 9.90 Å². The molecule has 102 valence electrons. The minimum atomic E-state index is -1.85. The quantitative estimate of drug-likeness (QED) is 0.478. The molecule has 17 heavy (non-hydrogen) atoms. The van der Waals surface area contributed by atoms with Crippen molar-refractivity contribution in [1.82, 2.24) is 0 Å². The summed E-state index contributed by atoms with van der Waals surface area (Å²) in [7, 11) is -0.602. The minimum absolute atomic E-state index is 0.107. The zero-order valence-electron chi connectivity index (χ0n) is 11.4. The molecule has 0 aliphatic rings. The van der Waals surface area contributed by atoms with E-state index in [1.165, 1.54) is 7.11 Å². The Labute approximate surface area is 113 Å². The summed E-state index contributed by atoms with van der Waals surface area (Å²) in [5.74, 6) is -0.647. The molecule has 0 saturated carbocycles. The third-order valence-electron chi connectivity index (χ3n) is 3.19. The number of alkyl halides is 1. The number of ether oxygens (including phenoxy) is 1. The van der Waals surface area contributed by atoms with Gasteiger partial charge < -0.3 is 14.3 Å². The first-order valence-electron chi connectivity index (χ1n) is 5.57. The van der Waals surface area contributed by atoms with Crippen LogP contribution in [0.1, 0.15) is 20.8 Å². The number of methoxy groups -OCH3 is 1. The maximum atomic E-state index is 11.1. The van der Waals surface area contributed by atoms with E-state index in [1.54, 1.807) is 0 Å². The molecule has 0 amide bonds. The van der Waals surface area contributed by atoms with Crippen LogP contribution in [0.15, 0.2) is 0 Å². The molecule has 6 heteroatoms. The number of hydrogen-bond donors (Lipinski definition) is 1. The SMILES string of the molecule is COC(=O)[C@@H](O)[C@H](Br)CO[Si](C)(C)C(C)(C)C. The van der Waals surface area contributed by atoms with Gasteiger partial charge in [0, 0.05) is 6.61 Å². The van der Waals surface area contributed by atoms with Crippen LogP contribution >= 0.6 is 15.9 Å². The van der Waals surface area contributed by atoms with Crippen LogP contribution in [0.25, 0.3) is 0 Å². The van der Waals surface area contributed by atoms with E-state index in [2.05, 4.69) is 54.5 Å². The lowest BCUT2D eigenvalue weighted by Gasteiger charge is -2.37. The number of rotatable bonds is 5. The van der Waals surface area contributed by atoms with Crippen molar-refractivity contribution in [3.8, 4) is 0 Å². The molecule has 0 aromatic carbocycles. The van der Waals surface area contributed by atoms with E-state index in [0.717, 1.165) is 0 Å². The Bertz CT molecular complexity index is 263. The number of aliphatic hydroxyl groups is 1. The molecule has 0 saturated heterocycles. The summed E-state index contributed by atoms with van der Waals surface area (Å²) >= 11 is 3.25. The molecule has 0 unspecified atom stereocenters. The maximum absolute atomic E-state index is 11.1. The van der Waals surface area contributed by atoms with Gasteiger partial charge in [-0.05, 0) is 18.1 Å². The van der Waals surface area contributed by atoms with Crippen LogP contribution in [-0.2, 0) is 14.0 Å². The Morgan fingerprint density at radius 2 is 1.88 bits per heavy atom. The molecular weight excluding hydrogens is 304 g/mol. The number of aliphatic hydroxyl groups excluding tert-OH is 1. The standard InChI is InChI=1S/C11H23BrO4Si/c1-11(2,3)17(5,6)16-7-8(12)9(13)10(14)15-4/h8-9,13H,7H2,1-6H3/t8-,9+/m1/s1. The van der Waals surface area contributed by atoms with Crippen LogP contribution in [0, 0.1) is 0 Å². The zero-order chi connectivity index (χ0) is 13.9. The Morgan fingerprint density at radius 1 is 1.41 bits per heavy atom. The van der Waals surface area contributed by atoms with Gasteiger partial charge in [0.05, 0.1) is 11.9 Å². The molecule has 0 rings (SSSR count). The fourth-order valence-corrected chi connectivity index (χ4v) is 2.49. The van der Waals surface area contributed by atoms with E-state index in [4.69, 9.17) is 4.43 Å². The molecule has 4 nitrogen and oxygen atoms in total. The summed E-state index contributed by atoms with van der Waals surface area (Å²) in [6.45, 7) is 11.0. The molecule has 2 atom stereocenters. The number of hydrogen-bond acceptors (Lipinski definition) is 4. The third kappa shape index (κ3) is 5.07. The first-order valence-corrected chi connectivity index (χ1v) is 9.39. The molecule has 0 aliphatic carbocycles. The fourth-order valence-electron chi connectivity index (χ4n) is 0.864. The molecule has 0 radical (unpaired) electrons. The van der Waals surface area contributed by atoms with Gasteiger partial charge in [0.2, 0.25) is 0 Å². The lowest BCUT2D eigenvalue weighted by Crippen LogP contribution is -2.44. The van der Waals surface area contributed by atoms with Crippen LogP contribution < -0.4 is 0 Å². The van der Waals surface area contributed by atoms with Crippen LogP contribution in [0.2, 0.25) is 18.1 Å². The maximum Gasteiger partial charge on any atom is 0.335 e. The van der Waals surface area contributed by atoms with Gasteiger partial charge in [0.15, 0.2) is 14.4 Å². The minimum Gasteiger partial charge on any atom is -0.467 e. The van der Waals surface area contributed by atoms with Crippen molar-refractivity contribution in [3.05, 3.63) is 0 Å². The molecular formula is C11H23BrO4Si. The van der Waals surface area contributed by atoms with Crippen molar-refractivity contribution in [1.29, 1.82) is 0 Å². The largest absolute Gasteiger partial charge is 0.467 e. The highest BCUT2D eigenvalue weighted by molar-refractivity contribution is 9.09. The highest BCUT2D eigenvalue weighted by Gasteiger charge is 2.38. The topological polar surface area (TPSA) is 55.8 Å². The van der Waals surface area contributed by atoms with Crippen molar-refractivity contribution in [2.45, 2.75) is 49.8 Å². The second kappa shape index (κ2) is 6.31. The zero-order valence-corrected chi connectivity index (χ0v) is 14.0. The normalized spacial score (nSPS) is 16.5. The lowest BCUT2D eigenvalue weighted by molar-refractivity contribution is -0.150.